The second-order valence-electron chi connectivity index (χ2n) is 4.87. The lowest BCUT2D eigenvalue weighted by molar-refractivity contribution is -0.127. The lowest BCUT2D eigenvalue weighted by atomic mass is 10.4. The first-order valence-corrected chi connectivity index (χ1v) is 7.56. The highest BCUT2D eigenvalue weighted by Crippen LogP contribution is 2.09. The monoisotopic (exact) mass is 284 g/mol. The third-order valence-electron chi connectivity index (χ3n) is 3.19. The van der Waals surface area contributed by atoms with Gasteiger partial charge in [0.15, 0.2) is 5.96 Å². The number of likely N-dealkylation sites (tertiary alicyclic amines) is 1. The Kier molecular flexibility index (Phi) is 8.78. The number of rotatable bonds is 9. The standard InChI is InChI=1S/C14H28N4O2/c1-3-15-14(17-9-6-12-20-2)16-8-5-11-18-10-4-7-13(18)19/h3-12H2,1-2H3,(H2,15,16,17). The van der Waals surface area contributed by atoms with Crippen LogP contribution >= 0.6 is 0 Å². The van der Waals surface area contributed by atoms with Gasteiger partial charge in [0.1, 0.15) is 0 Å². The highest BCUT2D eigenvalue weighted by atomic mass is 16.5. The van der Waals surface area contributed by atoms with Crippen LogP contribution in [0.4, 0.5) is 0 Å². The van der Waals surface area contributed by atoms with Crippen molar-refractivity contribution in [3.8, 4) is 0 Å². The highest BCUT2D eigenvalue weighted by molar-refractivity contribution is 5.79. The quantitative estimate of drug-likeness (QED) is 0.369. The minimum Gasteiger partial charge on any atom is -0.385 e. The van der Waals surface area contributed by atoms with Gasteiger partial charge >= 0.3 is 0 Å². The molecule has 0 spiro atoms. The SMILES string of the molecule is CCNC(=NCCCN1CCCC1=O)NCCCOC. The molecule has 0 saturated carbocycles. The first-order chi connectivity index (χ1) is 9.77. The molecule has 1 aliphatic rings. The zero-order valence-corrected chi connectivity index (χ0v) is 12.8. The van der Waals surface area contributed by atoms with Gasteiger partial charge in [-0.15, -0.1) is 0 Å². The summed E-state index contributed by atoms with van der Waals surface area (Å²) in [6, 6.07) is 0. The molecule has 116 valence electrons. The summed E-state index contributed by atoms with van der Waals surface area (Å²) in [6.45, 7) is 6.98. The van der Waals surface area contributed by atoms with Crippen LogP contribution in [0.15, 0.2) is 4.99 Å². The molecule has 1 heterocycles. The van der Waals surface area contributed by atoms with Crippen molar-refractivity contribution in [2.24, 2.45) is 4.99 Å². The summed E-state index contributed by atoms with van der Waals surface area (Å²) >= 11 is 0. The van der Waals surface area contributed by atoms with E-state index in [2.05, 4.69) is 22.5 Å². The van der Waals surface area contributed by atoms with Crippen LogP contribution in [0.2, 0.25) is 0 Å². The van der Waals surface area contributed by atoms with Crippen molar-refractivity contribution in [2.45, 2.75) is 32.6 Å². The minimum absolute atomic E-state index is 0.290. The summed E-state index contributed by atoms with van der Waals surface area (Å²) in [5, 5.41) is 6.49. The second kappa shape index (κ2) is 10.5. The third kappa shape index (κ3) is 6.75. The van der Waals surface area contributed by atoms with Crippen molar-refractivity contribution < 1.29 is 9.53 Å². The molecule has 1 fully saturated rings. The van der Waals surface area contributed by atoms with Crippen molar-refractivity contribution in [1.82, 2.24) is 15.5 Å². The Morgan fingerprint density at radius 2 is 2.25 bits per heavy atom. The molecule has 0 bridgehead atoms. The molecule has 0 aromatic carbocycles. The smallest absolute Gasteiger partial charge is 0.222 e. The van der Waals surface area contributed by atoms with Gasteiger partial charge in [0.2, 0.25) is 5.91 Å². The molecule has 0 radical (unpaired) electrons. The molecule has 0 unspecified atom stereocenters. The lowest BCUT2D eigenvalue weighted by Crippen LogP contribution is -2.38. The van der Waals surface area contributed by atoms with Crippen LogP contribution in [0.5, 0.6) is 0 Å². The van der Waals surface area contributed by atoms with Crippen LogP contribution in [0.1, 0.15) is 32.6 Å². The predicted molar refractivity (Wildman–Crippen MR) is 80.9 cm³/mol. The first kappa shape index (κ1) is 16.8. The largest absolute Gasteiger partial charge is 0.385 e. The number of amides is 1. The highest BCUT2D eigenvalue weighted by Gasteiger charge is 2.18. The summed E-state index contributed by atoms with van der Waals surface area (Å²) in [5.74, 6) is 1.13. The number of aliphatic imine (C=N–C) groups is 1. The van der Waals surface area contributed by atoms with Gasteiger partial charge in [-0.25, -0.2) is 0 Å². The number of ether oxygens (including phenoxy) is 1. The summed E-state index contributed by atoms with van der Waals surface area (Å²) in [4.78, 5) is 17.9. The van der Waals surface area contributed by atoms with Gasteiger partial charge in [0.05, 0.1) is 0 Å². The molecule has 0 atom stereocenters. The number of nitrogens with zero attached hydrogens (tertiary/aromatic N) is 2. The molecule has 1 aliphatic heterocycles. The third-order valence-corrected chi connectivity index (χ3v) is 3.19. The van der Waals surface area contributed by atoms with Gasteiger partial charge < -0.3 is 20.3 Å². The van der Waals surface area contributed by atoms with Crippen LogP contribution in [0.3, 0.4) is 0 Å². The van der Waals surface area contributed by atoms with E-state index in [0.29, 0.717) is 12.3 Å². The van der Waals surface area contributed by atoms with Gasteiger partial charge in [0.25, 0.3) is 0 Å². The van der Waals surface area contributed by atoms with E-state index in [4.69, 9.17) is 4.74 Å². The van der Waals surface area contributed by atoms with E-state index in [9.17, 15) is 4.79 Å². The number of hydrogen-bond acceptors (Lipinski definition) is 3. The Morgan fingerprint density at radius 3 is 2.90 bits per heavy atom. The maximum atomic E-state index is 11.5. The average molecular weight is 284 g/mol. The van der Waals surface area contributed by atoms with Gasteiger partial charge in [-0.2, -0.15) is 0 Å². The second-order valence-corrected chi connectivity index (χ2v) is 4.87. The normalized spacial score (nSPS) is 15.8. The van der Waals surface area contributed by atoms with E-state index in [0.717, 1.165) is 64.6 Å². The van der Waals surface area contributed by atoms with Crippen molar-refractivity contribution >= 4 is 11.9 Å². The summed E-state index contributed by atoms with van der Waals surface area (Å²) in [5.41, 5.74) is 0. The van der Waals surface area contributed by atoms with Crippen LogP contribution < -0.4 is 10.6 Å². The summed E-state index contributed by atoms with van der Waals surface area (Å²) < 4.78 is 5.01. The fraction of sp³-hybridized carbons (Fsp3) is 0.857. The van der Waals surface area contributed by atoms with Gasteiger partial charge in [-0.3, -0.25) is 9.79 Å². The molecule has 1 saturated heterocycles. The van der Waals surface area contributed by atoms with Gasteiger partial charge in [-0.05, 0) is 26.2 Å². The zero-order valence-electron chi connectivity index (χ0n) is 12.8. The lowest BCUT2D eigenvalue weighted by Gasteiger charge is -2.15. The molecule has 0 aromatic rings. The molecular formula is C14H28N4O2. The van der Waals surface area contributed by atoms with Crippen molar-refractivity contribution in [2.75, 3.05) is 46.4 Å². The predicted octanol–water partition coefficient (Wildman–Crippen LogP) is 0.591. The molecule has 6 nitrogen and oxygen atoms in total. The molecule has 20 heavy (non-hydrogen) atoms. The minimum atomic E-state index is 0.290. The maximum Gasteiger partial charge on any atom is 0.222 e. The number of methoxy groups -OCH3 is 1. The molecule has 0 aliphatic carbocycles. The van der Waals surface area contributed by atoms with Crippen LogP contribution in [-0.4, -0.2) is 63.2 Å². The van der Waals surface area contributed by atoms with E-state index < -0.39 is 0 Å². The fourth-order valence-electron chi connectivity index (χ4n) is 2.16. The van der Waals surface area contributed by atoms with E-state index in [-0.39, 0.29) is 0 Å². The molecule has 0 aromatic heterocycles. The first-order valence-electron chi connectivity index (χ1n) is 7.56. The van der Waals surface area contributed by atoms with E-state index in [1.54, 1.807) is 7.11 Å². The Hall–Kier alpha value is -1.30. The van der Waals surface area contributed by atoms with E-state index in [1.165, 1.54) is 0 Å². The Labute approximate surface area is 122 Å². The van der Waals surface area contributed by atoms with Crippen LogP contribution in [-0.2, 0) is 9.53 Å². The Bertz CT molecular complexity index is 308. The van der Waals surface area contributed by atoms with Crippen LogP contribution in [0.25, 0.3) is 0 Å². The average Bonchev–Trinajstić information content (AvgIpc) is 2.85. The van der Waals surface area contributed by atoms with Gasteiger partial charge in [-0.1, -0.05) is 0 Å². The number of hydrogen-bond donors (Lipinski definition) is 2. The number of carbonyl (C=O) groups is 1. The van der Waals surface area contributed by atoms with E-state index in [1.807, 2.05) is 4.90 Å². The zero-order chi connectivity index (χ0) is 14.6. The summed E-state index contributed by atoms with van der Waals surface area (Å²) in [7, 11) is 1.71. The topological polar surface area (TPSA) is 66.0 Å². The van der Waals surface area contributed by atoms with Crippen LogP contribution in [0, 0.1) is 0 Å². The Balaban J connectivity index is 2.18. The van der Waals surface area contributed by atoms with Crippen molar-refractivity contribution in [1.29, 1.82) is 0 Å². The van der Waals surface area contributed by atoms with E-state index >= 15 is 0 Å². The number of guanidine groups is 1. The molecule has 1 amide bonds. The molecule has 2 N–H and O–H groups in total. The number of nitrogens with one attached hydrogen (secondary N) is 2. The maximum absolute atomic E-state index is 11.5. The summed E-state index contributed by atoms with van der Waals surface area (Å²) in [6.07, 6.45) is 3.60. The van der Waals surface area contributed by atoms with Crippen molar-refractivity contribution in [3.05, 3.63) is 0 Å². The molecule has 1 rings (SSSR count). The number of carbonyl (C=O) groups excluding carboxylic acids is 1. The molecular weight excluding hydrogens is 256 g/mol. The van der Waals surface area contributed by atoms with Crippen molar-refractivity contribution in [3.63, 3.8) is 0 Å². The van der Waals surface area contributed by atoms with Gasteiger partial charge in [0, 0.05) is 52.9 Å². The Morgan fingerprint density at radius 1 is 1.40 bits per heavy atom. The molecule has 6 heteroatoms. The fourth-order valence-corrected chi connectivity index (χ4v) is 2.16.